The molecule has 1 aromatic rings. The predicted octanol–water partition coefficient (Wildman–Crippen LogP) is 2.49. The van der Waals surface area contributed by atoms with Crippen molar-refractivity contribution in [2.75, 3.05) is 46.1 Å². The van der Waals surface area contributed by atoms with Crippen LogP contribution in [0.5, 0.6) is 0 Å². The van der Waals surface area contributed by atoms with Crippen LogP contribution in [0.3, 0.4) is 0 Å². The Labute approximate surface area is 154 Å². The molecule has 0 radical (unpaired) electrons. The predicted molar refractivity (Wildman–Crippen MR) is 97.3 cm³/mol. The van der Waals surface area contributed by atoms with E-state index in [9.17, 15) is 9.18 Å². The number of carbonyl (C=O) groups is 1. The molecule has 7 heteroatoms. The molecule has 25 heavy (non-hydrogen) atoms. The summed E-state index contributed by atoms with van der Waals surface area (Å²) in [7, 11) is 0. The van der Waals surface area contributed by atoms with Crippen molar-refractivity contribution >= 4 is 17.5 Å². The number of benzene rings is 1. The zero-order chi connectivity index (χ0) is 18.5. The van der Waals surface area contributed by atoms with Crippen LogP contribution in [0.1, 0.15) is 13.8 Å². The molecule has 2 rings (SSSR count). The minimum Gasteiger partial charge on any atom is -0.380 e. The molecule has 142 valence electrons. The Morgan fingerprint density at radius 1 is 1.48 bits per heavy atom. The van der Waals surface area contributed by atoms with Gasteiger partial charge in [0.05, 0.1) is 18.2 Å². The molecule has 1 unspecified atom stereocenters. The number of rotatable bonds is 6. The molecular formula is C18H28ClFN2O3. The van der Waals surface area contributed by atoms with Gasteiger partial charge in [-0.3, -0.25) is 4.79 Å². The van der Waals surface area contributed by atoms with Crippen molar-refractivity contribution in [3.8, 4) is 0 Å². The van der Waals surface area contributed by atoms with Gasteiger partial charge < -0.3 is 20.1 Å². The highest BCUT2D eigenvalue weighted by Crippen LogP contribution is 2.11. The third-order valence-corrected chi connectivity index (χ3v) is 3.61. The largest absolute Gasteiger partial charge is 0.380 e. The molecule has 5 nitrogen and oxygen atoms in total. The smallest absolute Gasteiger partial charge is 0.246 e. The Morgan fingerprint density at radius 3 is 2.88 bits per heavy atom. The fraction of sp³-hybridized carbons (Fsp3) is 0.611. The van der Waals surface area contributed by atoms with Gasteiger partial charge in [0.2, 0.25) is 5.91 Å². The first-order chi connectivity index (χ1) is 12.0. The van der Waals surface area contributed by atoms with E-state index < -0.39 is 0 Å². The number of hydrogen-bond acceptors (Lipinski definition) is 4. The van der Waals surface area contributed by atoms with Crippen molar-refractivity contribution < 1.29 is 18.7 Å². The lowest BCUT2D eigenvalue weighted by atomic mass is 10.1. The van der Waals surface area contributed by atoms with Crippen molar-refractivity contribution in [2.45, 2.75) is 13.8 Å². The maximum Gasteiger partial charge on any atom is 0.246 e. The third kappa shape index (κ3) is 11.1. The topological polar surface area (TPSA) is 59.6 Å². The van der Waals surface area contributed by atoms with Gasteiger partial charge in [-0.2, -0.15) is 0 Å². The third-order valence-electron chi connectivity index (χ3n) is 3.31. The van der Waals surface area contributed by atoms with Gasteiger partial charge in [-0.15, -0.1) is 0 Å². The minimum atomic E-state index is -0.367. The Kier molecular flexibility index (Phi) is 11.4. The van der Waals surface area contributed by atoms with Crippen LogP contribution < -0.4 is 10.6 Å². The van der Waals surface area contributed by atoms with Crippen LogP contribution in [-0.4, -0.2) is 52.0 Å². The molecule has 0 aliphatic carbocycles. The van der Waals surface area contributed by atoms with E-state index in [0.29, 0.717) is 31.6 Å². The van der Waals surface area contributed by atoms with Gasteiger partial charge in [0, 0.05) is 32.2 Å². The number of carbonyl (C=O) groups excluding carboxylic acids is 1. The van der Waals surface area contributed by atoms with Crippen LogP contribution in [0.15, 0.2) is 24.3 Å². The highest BCUT2D eigenvalue weighted by molar-refractivity contribution is 6.30. The van der Waals surface area contributed by atoms with Crippen LogP contribution in [-0.2, 0) is 14.3 Å². The lowest BCUT2D eigenvalue weighted by molar-refractivity contribution is -0.126. The summed E-state index contributed by atoms with van der Waals surface area (Å²) in [6, 6.07) is 6.12. The monoisotopic (exact) mass is 374 g/mol. The van der Waals surface area contributed by atoms with Crippen LogP contribution in [0, 0.1) is 17.7 Å². The van der Waals surface area contributed by atoms with Crippen LogP contribution in [0.2, 0.25) is 5.02 Å². The summed E-state index contributed by atoms with van der Waals surface area (Å²) in [5.41, 5.74) is 0. The lowest BCUT2D eigenvalue weighted by Gasteiger charge is -2.14. The molecule has 1 aromatic carbocycles. The second-order valence-corrected chi connectivity index (χ2v) is 6.68. The summed E-state index contributed by atoms with van der Waals surface area (Å²) in [5.74, 6) is 0.401. The number of hydrogen-bond donors (Lipinski definition) is 2. The van der Waals surface area contributed by atoms with Crippen LogP contribution >= 0.6 is 11.6 Å². The normalized spacial score (nSPS) is 17.4. The molecule has 1 fully saturated rings. The SMILES string of the molecule is CC(C)COCC(=O)NCC1CNCCOC1.Fc1ccccc1Cl. The van der Waals surface area contributed by atoms with E-state index in [1.54, 1.807) is 12.1 Å². The molecule has 0 spiro atoms. The van der Waals surface area contributed by atoms with Gasteiger partial charge in [0.1, 0.15) is 12.4 Å². The van der Waals surface area contributed by atoms with Gasteiger partial charge in [-0.25, -0.2) is 4.39 Å². The first-order valence-corrected chi connectivity index (χ1v) is 8.89. The number of ether oxygens (including phenoxy) is 2. The summed E-state index contributed by atoms with van der Waals surface area (Å²) >= 11 is 5.33. The number of halogens is 2. The molecular weight excluding hydrogens is 347 g/mol. The lowest BCUT2D eigenvalue weighted by Crippen LogP contribution is -2.37. The van der Waals surface area contributed by atoms with Crippen molar-refractivity contribution in [1.29, 1.82) is 0 Å². The number of nitrogens with one attached hydrogen (secondary N) is 2. The van der Waals surface area contributed by atoms with Crippen LogP contribution in [0.4, 0.5) is 4.39 Å². The van der Waals surface area contributed by atoms with Gasteiger partial charge in [-0.1, -0.05) is 37.6 Å². The minimum absolute atomic E-state index is 0.0464. The van der Waals surface area contributed by atoms with Gasteiger partial charge in [0.15, 0.2) is 0 Å². The summed E-state index contributed by atoms with van der Waals surface area (Å²) < 4.78 is 22.9. The highest BCUT2D eigenvalue weighted by Gasteiger charge is 2.13. The summed E-state index contributed by atoms with van der Waals surface area (Å²) in [4.78, 5) is 11.5. The fourth-order valence-electron chi connectivity index (χ4n) is 2.03. The average Bonchev–Trinajstić information content (AvgIpc) is 2.85. The maximum atomic E-state index is 12.2. The summed E-state index contributed by atoms with van der Waals surface area (Å²) in [5, 5.41) is 6.32. The Hall–Kier alpha value is -1.21. The highest BCUT2D eigenvalue weighted by atomic mass is 35.5. The second kappa shape index (κ2) is 13.1. The Morgan fingerprint density at radius 2 is 2.24 bits per heavy atom. The molecule has 0 bridgehead atoms. The Balaban J connectivity index is 0.000000324. The summed E-state index contributed by atoms with van der Waals surface area (Å²) in [6.07, 6.45) is 0. The fourth-order valence-corrected chi connectivity index (χ4v) is 2.16. The molecule has 1 aliphatic heterocycles. The van der Waals surface area contributed by atoms with E-state index in [4.69, 9.17) is 21.1 Å². The van der Waals surface area contributed by atoms with Crippen molar-refractivity contribution in [1.82, 2.24) is 10.6 Å². The molecule has 0 aromatic heterocycles. The van der Waals surface area contributed by atoms with E-state index in [2.05, 4.69) is 24.5 Å². The maximum absolute atomic E-state index is 12.2. The number of amides is 1. The Bertz CT molecular complexity index is 474. The standard InChI is InChI=1S/C12H24N2O3.C6H4ClF/c1-10(2)7-17-9-12(15)14-6-11-5-13-3-4-16-8-11;7-5-3-1-2-4-6(5)8/h10-11,13H,3-9H2,1-2H3,(H,14,15);1-4H. The zero-order valence-corrected chi connectivity index (χ0v) is 15.7. The van der Waals surface area contributed by atoms with Crippen molar-refractivity contribution in [3.63, 3.8) is 0 Å². The summed E-state index contributed by atoms with van der Waals surface area (Å²) in [6.45, 7) is 8.80. The van der Waals surface area contributed by atoms with E-state index in [1.165, 1.54) is 12.1 Å². The molecule has 1 heterocycles. The first kappa shape index (κ1) is 21.8. The van der Waals surface area contributed by atoms with Gasteiger partial charge >= 0.3 is 0 Å². The van der Waals surface area contributed by atoms with Crippen molar-refractivity contribution in [3.05, 3.63) is 35.1 Å². The van der Waals surface area contributed by atoms with Crippen LogP contribution in [0.25, 0.3) is 0 Å². The quantitative estimate of drug-likeness (QED) is 0.803. The molecule has 0 saturated carbocycles. The van der Waals surface area contributed by atoms with Gasteiger partial charge in [-0.05, 0) is 18.1 Å². The molecule has 1 saturated heterocycles. The zero-order valence-electron chi connectivity index (χ0n) is 14.9. The average molecular weight is 375 g/mol. The molecule has 2 N–H and O–H groups in total. The van der Waals surface area contributed by atoms with E-state index in [0.717, 1.165) is 19.7 Å². The van der Waals surface area contributed by atoms with E-state index in [-0.39, 0.29) is 23.4 Å². The van der Waals surface area contributed by atoms with E-state index in [1.807, 2.05) is 0 Å². The van der Waals surface area contributed by atoms with Gasteiger partial charge in [0.25, 0.3) is 0 Å². The first-order valence-electron chi connectivity index (χ1n) is 8.52. The molecule has 1 atom stereocenters. The van der Waals surface area contributed by atoms with Crippen molar-refractivity contribution in [2.24, 2.45) is 11.8 Å². The van der Waals surface area contributed by atoms with E-state index >= 15 is 0 Å². The second-order valence-electron chi connectivity index (χ2n) is 6.27. The molecule has 1 amide bonds. The molecule has 1 aliphatic rings.